The normalized spacial score (nSPS) is 9.67. The highest BCUT2D eigenvalue weighted by Crippen LogP contribution is 2.33. The van der Waals surface area contributed by atoms with Gasteiger partial charge in [-0.05, 0) is 19.1 Å². The second-order valence-corrected chi connectivity index (χ2v) is 3.72. The van der Waals surface area contributed by atoms with E-state index in [1.165, 1.54) is 19.2 Å². The molecule has 0 aromatic heterocycles. The Labute approximate surface area is 110 Å². The largest absolute Gasteiger partial charge is 0.493 e. The number of thiocarbonyl (C=S) groups is 1. The van der Waals surface area contributed by atoms with Gasteiger partial charge in [0.1, 0.15) is 0 Å². The predicted molar refractivity (Wildman–Crippen MR) is 71.5 cm³/mol. The molecule has 0 fully saturated rings. The summed E-state index contributed by atoms with van der Waals surface area (Å²) in [6.45, 7) is 2.19. The molecule has 0 bridgehead atoms. The van der Waals surface area contributed by atoms with Gasteiger partial charge in [-0.3, -0.25) is 0 Å². The van der Waals surface area contributed by atoms with Gasteiger partial charge < -0.3 is 25.6 Å². The summed E-state index contributed by atoms with van der Waals surface area (Å²) in [4.78, 5) is 11.1. The average Bonchev–Trinajstić information content (AvgIpc) is 2.29. The van der Waals surface area contributed by atoms with Crippen LogP contribution in [0.2, 0.25) is 0 Å². The van der Waals surface area contributed by atoms with Gasteiger partial charge in [-0.2, -0.15) is 0 Å². The SMILES string of the molecule is CCOc1cc(C(=O)O)c(NC(N)=S)cc1OC. The summed E-state index contributed by atoms with van der Waals surface area (Å²) in [5.74, 6) is -0.358. The molecule has 0 spiro atoms. The van der Waals surface area contributed by atoms with Gasteiger partial charge in [0, 0.05) is 12.1 Å². The van der Waals surface area contributed by atoms with Crippen LogP contribution in [0.4, 0.5) is 5.69 Å². The Kier molecular flexibility index (Phi) is 4.73. The first-order valence-corrected chi connectivity index (χ1v) is 5.55. The number of benzene rings is 1. The first kappa shape index (κ1) is 14.0. The van der Waals surface area contributed by atoms with E-state index in [1.807, 2.05) is 0 Å². The molecule has 0 aliphatic carbocycles. The van der Waals surface area contributed by atoms with Crippen molar-refractivity contribution in [2.75, 3.05) is 19.0 Å². The minimum Gasteiger partial charge on any atom is -0.493 e. The zero-order valence-corrected chi connectivity index (χ0v) is 10.8. The Balaban J connectivity index is 3.31. The van der Waals surface area contributed by atoms with E-state index in [0.717, 1.165) is 0 Å². The van der Waals surface area contributed by atoms with Crippen LogP contribution in [0.5, 0.6) is 11.5 Å². The van der Waals surface area contributed by atoms with Crippen LogP contribution in [0, 0.1) is 0 Å². The van der Waals surface area contributed by atoms with Crippen molar-refractivity contribution in [1.82, 2.24) is 0 Å². The van der Waals surface area contributed by atoms with Crippen molar-refractivity contribution in [2.24, 2.45) is 5.73 Å². The third-order valence-corrected chi connectivity index (χ3v) is 2.19. The van der Waals surface area contributed by atoms with Gasteiger partial charge in [-0.15, -0.1) is 0 Å². The van der Waals surface area contributed by atoms with Gasteiger partial charge in [0.2, 0.25) is 0 Å². The fraction of sp³-hybridized carbons (Fsp3) is 0.273. The van der Waals surface area contributed by atoms with Crippen molar-refractivity contribution in [2.45, 2.75) is 6.92 Å². The molecule has 0 atom stereocenters. The third kappa shape index (κ3) is 3.24. The molecule has 0 saturated carbocycles. The molecule has 0 saturated heterocycles. The highest BCUT2D eigenvalue weighted by Gasteiger charge is 2.16. The second-order valence-electron chi connectivity index (χ2n) is 3.28. The van der Waals surface area contributed by atoms with E-state index in [2.05, 4.69) is 17.5 Å². The van der Waals surface area contributed by atoms with Crippen LogP contribution in [0.3, 0.4) is 0 Å². The van der Waals surface area contributed by atoms with Crippen LogP contribution in [0.1, 0.15) is 17.3 Å². The number of aromatic carboxylic acids is 1. The Bertz CT molecular complexity index is 476. The lowest BCUT2D eigenvalue weighted by atomic mass is 10.1. The fourth-order valence-corrected chi connectivity index (χ4v) is 1.51. The van der Waals surface area contributed by atoms with Gasteiger partial charge in [0.15, 0.2) is 16.6 Å². The molecule has 0 heterocycles. The van der Waals surface area contributed by atoms with Gasteiger partial charge in [-0.25, -0.2) is 4.79 Å². The van der Waals surface area contributed by atoms with E-state index in [0.29, 0.717) is 18.1 Å². The maximum Gasteiger partial charge on any atom is 0.337 e. The van der Waals surface area contributed by atoms with Crippen LogP contribution in [-0.2, 0) is 0 Å². The zero-order chi connectivity index (χ0) is 13.7. The summed E-state index contributed by atoms with van der Waals surface area (Å²) < 4.78 is 10.4. The van der Waals surface area contributed by atoms with E-state index in [-0.39, 0.29) is 16.4 Å². The molecular weight excluding hydrogens is 256 g/mol. The number of hydrogen-bond donors (Lipinski definition) is 3. The quantitative estimate of drug-likeness (QED) is 0.697. The maximum atomic E-state index is 11.1. The summed E-state index contributed by atoms with van der Waals surface area (Å²) in [7, 11) is 1.46. The van der Waals surface area contributed by atoms with E-state index >= 15 is 0 Å². The van der Waals surface area contributed by atoms with Gasteiger partial charge >= 0.3 is 5.97 Å². The molecule has 0 radical (unpaired) electrons. The minimum atomic E-state index is -1.11. The summed E-state index contributed by atoms with van der Waals surface area (Å²) in [6.07, 6.45) is 0. The van der Waals surface area contributed by atoms with Gasteiger partial charge in [0.05, 0.1) is 25.0 Å². The van der Waals surface area contributed by atoms with Crippen LogP contribution < -0.4 is 20.5 Å². The second kappa shape index (κ2) is 6.06. The first-order valence-electron chi connectivity index (χ1n) is 5.14. The van der Waals surface area contributed by atoms with Gasteiger partial charge in [0.25, 0.3) is 0 Å². The Morgan fingerprint density at radius 2 is 2.17 bits per heavy atom. The van der Waals surface area contributed by atoms with Crippen molar-refractivity contribution in [3.63, 3.8) is 0 Å². The topological polar surface area (TPSA) is 93.8 Å². The van der Waals surface area contributed by atoms with Crippen molar-refractivity contribution in [3.8, 4) is 11.5 Å². The highest BCUT2D eigenvalue weighted by atomic mass is 32.1. The number of ether oxygens (including phenoxy) is 2. The zero-order valence-electron chi connectivity index (χ0n) is 10.0. The Hall–Kier alpha value is -2.02. The van der Waals surface area contributed by atoms with Crippen LogP contribution in [0.25, 0.3) is 0 Å². The van der Waals surface area contributed by atoms with E-state index < -0.39 is 5.97 Å². The fourth-order valence-electron chi connectivity index (χ4n) is 1.40. The molecule has 0 aliphatic heterocycles. The van der Waals surface area contributed by atoms with E-state index in [4.69, 9.17) is 20.3 Å². The molecule has 4 N–H and O–H groups in total. The number of anilines is 1. The first-order chi connectivity index (χ1) is 8.49. The smallest absolute Gasteiger partial charge is 0.337 e. The number of carboxylic acid groups (broad SMARTS) is 1. The third-order valence-electron chi connectivity index (χ3n) is 2.09. The minimum absolute atomic E-state index is 0.00653. The molecule has 98 valence electrons. The summed E-state index contributed by atoms with van der Waals surface area (Å²) in [6, 6.07) is 2.85. The standard InChI is InChI=1S/C11H14N2O4S/c1-3-17-9-4-6(10(14)15)7(13-11(12)18)5-8(9)16-2/h4-5H,3H2,1-2H3,(H,14,15)(H3,12,13,18). The molecule has 1 rings (SSSR count). The number of rotatable bonds is 5. The lowest BCUT2D eigenvalue weighted by molar-refractivity contribution is 0.0697. The van der Waals surface area contributed by atoms with Gasteiger partial charge in [-0.1, -0.05) is 0 Å². The lowest BCUT2D eigenvalue weighted by Crippen LogP contribution is -2.20. The number of nitrogens with two attached hydrogens (primary N) is 1. The molecule has 0 unspecified atom stereocenters. The Morgan fingerprint density at radius 1 is 1.50 bits per heavy atom. The number of hydrogen-bond acceptors (Lipinski definition) is 4. The number of methoxy groups -OCH3 is 1. The summed E-state index contributed by atoms with van der Waals surface area (Å²) in [5.41, 5.74) is 5.60. The molecule has 0 amide bonds. The molecule has 18 heavy (non-hydrogen) atoms. The van der Waals surface area contributed by atoms with E-state index in [1.54, 1.807) is 6.92 Å². The highest BCUT2D eigenvalue weighted by molar-refractivity contribution is 7.80. The number of carbonyl (C=O) groups is 1. The molecular formula is C11H14N2O4S. The molecule has 1 aromatic carbocycles. The van der Waals surface area contributed by atoms with Crippen molar-refractivity contribution in [1.29, 1.82) is 0 Å². The summed E-state index contributed by atoms with van der Waals surface area (Å²) >= 11 is 4.69. The number of carboxylic acids is 1. The van der Waals surface area contributed by atoms with Crippen LogP contribution in [0.15, 0.2) is 12.1 Å². The number of nitrogens with one attached hydrogen (secondary N) is 1. The molecule has 6 nitrogen and oxygen atoms in total. The van der Waals surface area contributed by atoms with Crippen molar-refractivity contribution in [3.05, 3.63) is 17.7 Å². The maximum absolute atomic E-state index is 11.1. The van der Waals surface area contributed by atoms with Crippen LogP contribution in [-0.4, -0.2) is 29.9 Å². The molecule has 0 aliphatic rings. The molecule has 7 heteroatoms. The lowest BCUT2D eigenvalue weighted by Gasteiger charge is -2.14. The Morgan fingerprint density at radius 3 is 2.61 bits per heavy atom. The predicted octanol–water partition coefficient (Wildman–Crippen LogP) is 1.45. The average molecular weight is 270 g/mol. The summed E-state index contributed by atoms with van der Waals surface area (Å²) in [5, 5.41) is 11.7. The molecule has 1 aromatic rings. The van der Waals surface area contributed by atoms with Crippen LogP contribution >= 0.6 is 12.2 Å². The van der Waals surface area contributed by atoms with Crippen molar-refractivity contribution < 1.29 is 19.4 Å². The monoisotopic (exact) mass is 270 g/mol. The van der Waals surface area contributed by atoms with Crippen molar-refractivity contribution >= 4 is 29.0 Å². The van der Waals surface area contributed by atoms with E-state index in [9.17, 15) is 4.79 Å².